The fourth-order valence-electron chi connectivity index (χ4n) is 11.4. The number of fused-ring (bicyclic) bond motifs is 5. The molecule has 1 heterocycles. The average Bonchev–Trinajstić information content (AvgIpc) is 1.99. The second-order valence-corrected chi connectivity index (χ2v) is 21.2. The summed E-state index contributed by atoms with van der Waals surface area (Å²) in [5.74, 6) is -5.74. The quantitative estimate of drug-likeness (QED) is 0.0210. The summed E-state index contributed by atoms with van der Waals surface area (Å²) >= 11 is 0. The normalized spacial score (nSPS) is 27.2. The maximum Gasteiger partial charge on any atom is 0.338 e. The van der Waals surface area contributed by atoms with Crippen LogP contribution in [0.5, 0.6) is 0 Å². The van der Waals surface area contributed by atoms with Crippen LogP contribution in [0.2, 0.25) is 0 Å². The summed E-state index contributed by atoms with van der Waals surface area (Å²) in [7, 11) is 0. The molecule has 8 N–H and O–H groups in total. The van der Waals surface area contributed by atoms with Crippen LogP contribution in [0.1, 0.15) is 106 Å². The number of hydrogen-bond donors (Lipinski definition) is 7. The van der Waals surface area contributed by atoms with Gasteiger partial charge in [-0.3, -0.25) is 19.2 Å². The zero-order valence-corrected chi connectivity index (χ0v) is 46.5. The third-order valence-electron chi connectivity index (χ3n) is 15.7. The van der Waals surface area contributed by atoms with E-state index in [4.69, 9.17) is 48.7 Å². The molecule has 0 spiro atoms. The first kappa shape index (κ1) is 63.2. The Balaban J connectivity index is 0.00000163. The number of amides is 2. The van der Waals surface area contributed by atoms with Crippen molar-refractivity contribution in [3.05, 3.63) is 119 Å². The molecule has 1 aliphatic heterocycles. The number of aliphatic hydroxyl groups is 4. The van der Waals surface area contributed by atoms with Crippen LogP contribution in [0.25, 0.3) is 0 Å². The molecule has 1 saturated heterocycles. The highest BCUT2D eigenvalue weighted by Crippen LogP contribution is 2.64. The second kappa shape index (κ2) is 28.6. The SMILES string of the molecule is CC(=O)NCO.CC(=O)O[C@@]12COC1C[C@H](O)C1(C)C(=O)[C@H](OCCCCOCCOCCOCCCN)C3=C(C)[C@@H](OC(=O)[C@H](O)[C@@H](NC(=O)c4ccccc4)c4ccccc4)C[C@@](O)([C@@H](OC(=O)c4ccccc4)[C@@H]12)C3(C)C. The highest BCUT2D eigenvalue weighted by Gasteiger charge is 2.78. The van der Waals surface area contributed by atoms with Gasteiger partial charge in [0.1, 0.15) is 36.7 Å². The smallest absolute Gasteiger partial charge is 0.338 e. The molecule has 3 aliphatic carbocycles. The number of esters is 3. The molecule has 2 amide bonds. The van der Waals surface area contributed by atoms with E-state index in [-0.39, 0.29) is 49.0 Å². The zero-order valence-electron chi connectivity index (χ0n) is 46.5. The van der Waals surface area contributed by atoms with Crippen molar-refractivity contribution in [3.8, 4) is 0 Å². The van der Waals surface area contributed by atoms with Gasteiger partial charge in [0.2, 0.25) is 5.91 Å². The first-order valence-corrected chi connectivity index (χ1v) is 27.1. The average molecular weight is 1120 g/mol. The summed E-state index contributed by atoms with van der Waals surface area (Å²) in [6, 6.07) is 23.4. The number of nitrogens with two attached hydrogens (primary N) is 1. The molecule has 11 atom stereocenters. The van der Waals surface area contributed by atoms with Gasteiger partial charge >= 0.3 is 17.9 Å². The molecule has 21 heteroatoms. The molecule has 2 saturated carbocycles. The Morgan fingerprint density at radius 1 is 0.787 bits per heavy atom. The fourth-order valence-corrected chi connectivity index (χ4v) is 11.4. The number of benzene rings is 3. The van der Waals surface area contributed by atoms with Gasteiger partial charge in [-0.05, 0) is 80.6 Å². The molecular formula is C59H79N3O18. The van der Waals surface area contributed by atoms with E-state index in [1.54, 1.807) is 99.6 Å². The van der Waals surface area contributed by atoms with E-state index in [0.717, 1.165) is 6.42 Å². The minimum absolute atomic E-state index is 0.00514. The van der Waals surface area contributed by atoms with Crippen LogP contribution in [0.15, 0.2) is 102 Å². The van der Waals surface area contributed by atoms with Crippen molar-refractivity contribution in [2.24, 2.45) is 22.5 Å². The lowest BCUT2D eigenvalue weighted by molar-refractivity contribution is -0.346. The third kappa shape index (κ3) is 14.2. The molecule has 3 aromatic rings. The highest BCUT2D eigenvalue weighted by molar-refractivity contribution is 5.95. The Morgan fingerprint density at radius 3 is 1.89 bits per heavy atom. The fraction of sp³-hybridized carbons (Fsp3) is 0.559. The number of aliphatic hydroxyl groups excluding tert-OH is 3. The van der Waals surface area contributed by atoms with Crippen molar-refractivity contribution < 1.29 is 87.1 Å². The molecule has 80 heavy (non-hydrogen) atoms. The van der Waals surface area contributed by atoms with E-state index in [1.165, 1.54) is 32.9 Å². The van der Waals surface area contributed by atoms with E-state index >= 15 is 4.79 Å². The Kier molecular flexibility index (Phi) is 22.6. The van der Waals surface area contributed by atoms with Crippen LogP contribution in [0.4, 0.5) is 0 Å². The summed E-state index contributed by atoms with van der Waals surface area (Å²) in [6.45, 7) is 11.5. The molecule has 3 aromatic carbocycles. The van der Waals surface area contributed by atoms with Gasteiger partial charge in [-0.15, -0.1) is 0 Å². The maximum atomic E-state index is 16.0. The summed E-state index contributed by atoms with van der Waals surface area (Å²) in [5.41, 5.74) is -0.806. The molecule has 0 aromatic heterocycles. The number of ether oxygens (including phenoxy) is 8. The number of carbonyl (C=O) groups excluding carboxylic acids is 6. The van der Waals surface area contributed by atoms with Crippen molar-refractivity contribution in [2.75, 3.05) is 66.1 Å². The van der Waals surface area contributed by atoms with E-state index < -0.39 is 107 Å². The van der Waals surface area contributed by atoms with Gasteiger partial charge in [-0.1, -0.05) is 80.6 Å². The summed E-state index contributed by atoms with van der Waals surface area (Å²) < 4.78 is 48.5. The number of Topliss-reactive ketones (excluding diaryl/α,β-unsaturated/α-hetero) is 1. The monoisotopic (exact) mass is 1120 g/mol. The summed E-state index contributed by atoms with van der Waals surface area (Å²) in [5, 5.41) is 51.1. The lowest BCUT2D eigenvalue weighted by atomic mass is 9.44. The predicted octanol–water partition coefficient (Wildman–Crippen LogP) is 3.44. The largest absolute Gasteiger partial charge is 0.456 e. The van der Waals surface area contributed by atoms with Crippen LogP contribution < -0.4 is 16.4 Å². The van der Waals surface area contributed by atoms with Gasteiger partial charge in [0.15, 0.2) is 17.5 Å². The first-order valence-electron chi connectivity index (χ1n) is 27.1. The Hall–Kier alpha value is -5.98. The minimum Gasteiger partial charge on any atom is -0.456 e. The maximum absolute atomic E-state index is 16.0. The standard InChI is InChI=1S/C56H72N2O16.C3H7NO2/c1-35-40(72-52(65)45(61)44(37-18-9-6-10-19-37)58-50(63)38-20-11-7-12-21-38)33-56(66)49(73-51(64)39-22-13-8-14-23-39)47-54(5,41(60)32-42-55(47,34-71-42)74-36(2)59)48(62)46(43(35)53(56,3)4)70-27-16-15-25-67-28-30-69-31-29-68-26-17-24-57;1-3(6)4-2-5/h6-14,18-23,40-42,44-47,49,60-61,66H,15-17,24-34,57H2,1-5H3,(H,58,63);5H,2H2,1H3,(H,4,6)/t40-,41-,42?,44-,45+,46+,47-,49-,54?,55-,56+;/m0./s1. The molecule has 0 radical (unpaired) electrons. The van der Waals surface area contributed by atoms with Crippen LogP contribution in [-0.4, -0.2) is 170 Å². The van der Waals surface area contributed by atoms with E-state index in [9.17, 15) is 39.3 Å². The zero-order chi connectivity index (χ0) is 58.3. The second-order valence-electron chi connectivity index (χ2n) is 21.2. The molecule has 438 valence electrons. The van der Waals surface area contributed by atoms with Crippen LogP contribution >= 0.6 is 0 Å². The van der Waals surface area contributed by atoms with Crippen LogP contribution in [0.3, 0.4) is 0 Å². The van der Waals surface area contributed by atoms with E-state index in [1.807, 2.05) is 0 Å². The number of carbonyl (C=O) groups is 6. The van der Waals surface area contributed by atoms with Gasteiger partial charge in [0.05, 0.1) is 62.1 Å². The van der Waals surface area contributed by atoms with Crippen molar-refractivity contribution >= 4 is 35.5 Å². The van der Waals surface area contributed by atoms with Gasteiger partial charge in [-0.2, -0.15) is 0 Å². The Morgan fingerprint density at radius 2 is 1.35 bits per heavy atom. The van der Waals surface area contributed by atoms with Crippen molar-refractivity contribution in [3.63, 3.8) is 0 Å². The number of rotatable bonds is 25. The number of ketones is 1. The summed E-state index contributed by atoms with van der Waals surface area (Å²) in [6.07, 6.45) is -8.15. The molecule has 3 fully saturated rings. The Bertz CT molecular complexity index is 2590. The number of unbranched alkanes of at least 4 members (excludes halogenated alkanes) is 1. The third-order valence-corrected chi connectivity index (χ3v) is 15.7. The molecule has 2 bridgehead atoms. The van der Waals surface area contributed by atoms with Gasteiger partial charge in [0.25, 0.3) is 5.91 Å². The molecular weight excluding hydrogens is 1040 g/mol. The number of hydrogen-bond acceptors (Lipinski definition) is 19. The number of nitrogens with one attached hydrogen (secondary N) is 2. The molecule has 7 rings (SSSR count). The van der Waals surface area contributed by atoms with E-state index in [2.05, 4.69) is 10.6 Å². The topological polar surface area (TPSA) is 307 Å². The first-order chi connectivity index (χ1) is 38.2. The predicted molar refractivity (Wildman–Crippen MR) is 288 cm³/mol. The molecule has 4 aliphatic rings. The Labute approximate surface area is 466 Å². The lowest BCUT2D eigenvalue weighted by Gasteiger charge is -2.67. The molecule has 2 unspecified atom stereocenters. The van der Waals surface area contributed by atoms with Gasteiger partial charge in [0, 0.05) is 57.5 Å². The summed E-state index contributed by atoms with van der Waals surface area (Å²) in [4.78, 5) is 81.7. The molecule has 21 nitrogen and oxygen atoms in total. The van der Waals surface area contributed by atoms with E-state index in [0.29, 0.717) is 70.2 Å². The van der Waals surface area contributed by atoms with Gasteiger partial charge in [-0.25, -0.2) is 9.59 Å². The minimum atomic E-state index is -2.33. The van der Waals surface area contributed by atoms with Gasteiger partial charge < -0.3 is 74.7 Å². The van der Waals surface area contributed by atoms with Crippen LogP contribution in [0, 0.1) is 16.7 Å². The highest BCUT2D eigenvalue weighted by atomic mass is 16.6. The van der Waals surface area contributed by atoms with Crippen LogP contribution in [-0.2, 0) is 57.1 Å². The van der Waals surface area contributed by atoms with Crippen molar-refractivity contribution in [1.82, 2.24) is 10.6 Å². The lowest BCUT2D eigenvalue weighted by Crippen LogP contribution is -2.82. The van der Waals surface area contributed by atoms with Crippen molar-refractivity contribution in [1.29, 1.82) is 0 Å². The van der Waals surface area contributed by atoms with Crippen molar-refractivity contribution in [2.45, 2.75) is 128 Å².